The van der Waals surface area contributed by atoms with Crippen molar-refractivity contribution in [3.05, 3.63) is 84.9 Å². The van der Waals surface area contributed by atoms with Gasteiger partial charge in [0.1, 0.15) is 10.6 Å². The molecule has 0 aliphatic rings. The molecule has 0 saturated heterocycles. The maximum atomic E-state index is 12.7. The van der Waals surface area contributed by atoms with Crippen molar-refractivity contribution >= 4 is 62.1 Å². The van der Waals surface area contributed by atoms with Crippen LogP contribution < -0.4 is 19.1 Å². The Morgan fingerprint density at radius 2 is 1.83 bits per heavy atom. The van der Waals surface area contributed by atoms with Crippen LogP contribution in [0.3, 0.4) is 0 Å². The molecule has 0 atom stereocenters. The summed E-state index contributed by atoms with van der Waals surface area (Å²) in [6, 6.07) is 13.8. The number of amides is 1. The zero-order chi connectivity index (χ0) is 26.3. The summed E-state index contributed by atoms with van der Waals surface area (Å²) in [5.41, 5.74) is 2.54. The number of carbonyl (C=O) groups is 1. The topological polar surface area (TPSA) is 146 Å². The van der Waals surface area contributed by atoms with E-state index < -0.39 is 20.9 Å². The Hall–Kier alpha value is -3.43. The fourth-order valence-electron chi connectivity index (χ4n) is 2.68. The van der Waals surface area contributed by atoms with Gasteiger partial charge in [0.2, 0.25) is 0 Å². The Kier molecular flexibility index (Phi) is 9.06. The highest BCUT2D eigenvalue weighted by Gasteiger charge is 2.22. The monoisotopic (exact) mass is 645 g/mol. The average molecular weight is 646 g/mol. The Morgan fingerprint density at radius 1 is 1.17 bits per heavy atom. The Labute approximate surface area is 224 Å². The van der Waals surface area contributed by atoms with Crippen LogP contribution in [-0.2, 0) is 14.9 Å². The fraction of sp³-hybridized carbons (Fsp3) is 0.0909. The number of nitro benzene ring substituents is 1. The van der Waals surface area contributed by atoms with Crippen LogP contribution in [0.4, 0.5) is 5.69 Å². The first-order valence-electron chi connectivity index (χ1n) is 9.86. The second kappa shape index (κ2) is 12.0. The average Bonchev–Trinajstić information content (AvgIpc) is 2.85. The molecule has 1 N–H and O–H groups in total. The minimum Gasteiger partial charge on any atom is -0.493 e. The third kappa shape index (κ3) is 7.29. The zero-order valence-corrected chi connectivity index (χ0v) is 22.1. The van der Waals surface area contributed by atoms with E-state index >= 15 is 0 Å². The van der Waals surface area contributed by atoms with E-state index in [2.05, 4.69) is 10.5 Å². The van der Waals surface area contributed by atoms with E-state index in [9.17, 15) is 23.3 Å². The molecule has 0 heterocycles. The Bertz CT molecular complexity index is 1400. The van der Waals surface area contributed by atoms with E-state index in [1.165, 1.54) is 19.4 Å². The molecule has 1 amide bonds. The van der Waals surface area contributed by atoms with E-state index in [1.54, 1.807) is 30.3 Å². The minimum absolute atomic E-state index is 0.0750. The first-order chi connectivity index (χ1) is 17.1. The number of methoxy groups -OCH3 is 1. The molecule has 0 bridgehead atoms. The van der Waals surface area contributed by atoms with Crippen LogP contribution in [0.25, 0.3) is 0 Å². The molecular weight excluding hydrogens is 629 g/mol. The Balaban J connectivity index is 1.67. The number of rotatable bonds is 10. The number of benzene rings is 3. The fourth-order valence-corrected chi connectivity index (χ4v) is 4.65. The molecule has 0 aromatic heterocycles. The molecule has 14 heteroatoms. The number of hydrazone groups is 1. The van der Waals surface area contributed by atoms with E-state index in [-0.39, 0.29) is 28.7 Å². The lowest BCUT2D eigenvalue weighted by Crippen LogP contribution is -2.24. The number of nitrogens with one attached hydrogen (secondary N) is 1. The summed E-state index contributed by atoms with van der Waals surface area (Å²) in [7, 11) is -2.98. The predicted molar refractivity (Wildman–Crippen MR) is 139 cm³/mol. The van der Waals surface area contributed by atoms with E-state index in [0.717, 1.165) is 24.3 Å². The van der Waals surface area contributed by atoms with Crippen molar-refractivity contribution in [2.24, 2.45) is 5.10 Å². The van der Waals surface area contributed by atoms with E-state index in [1.807, 2.05) is 22.6 Å². The highest BCUT2D eigenvalue weighted by molar-refractivity contribution is 14.1. The van der Waals surface area contributed by atoms with Crippen LogP contribution in [0.2, 0.25) is 5.02 Å². The van der Waals surface area contributed by atoms with Gasteiger partial charge in [-0.15, -0.1) is 0 Å². The van der Waals surface area contributed by atoms with Crippen molar-refractivity contribution in [2.45, 2.75) is 4.90 Å². The van der Waals surface area contributed by atoms with Gasteiger partial charge in [-0.25, -0.2) is 5.43 Å². The summed E-state index contributed by atoms with van der Waals surface area (Å²) in [4.78, 5) is 21.8. The third-order valence-corrected chi connectivity index (χ3v) is 6.66. The Morgan fingerprint density at radius 3 is 2.44 bits per heavy atom. The maximum Gasteiger partial charge on any atom is 0.339 e. The molecule has 0 spiro atoms. The lowest BCUT2D eigenvalue weighted by molar-refractivity contribution is -0.384. The van der Waals surface area contributed by atoms with Crippen LogP contribution in [0.15, 0.2) is 70.7 Å². The summed E-state index contributed by atoms with van der Waals surface area (Å²) in [6.45, 7) is -0.271. The normalized spacial score (nSPS) is 11.2. The summed E-state index contributed by atoms with van der Waals surface area (Å²) in [5.74, 6) is -0.0191. The predicted octanol–water partition coefficient (Wildman–Crippen LogP) is 4.16. The van der Waals surface area contributed by atoms with Gasteiger partial charge in [0.25, 0.3) is 11.6 Å². The van der Waals surface area contributed by atoms with Crippen LogP contribution in [0, 0.1) is 13.7 Å². The third-order valence-electron chi connectivity index (χ3n) is 4.37. The second-order valence-electron chi connectivity index (χ2n) is 6.86. The second-order valence-corrected chi connectivity index (χ2v) is 10.0. The van der Waals surface area contributed by atoms with Crippen molar-refractivity contribution < 1.29 is 31.8 Å². The van der Waals surface area contributed by atoms with Crippen LogP contribution in [0.5, 0.6) is 17.2 Å². The molecule has 3 aromatic rings. The number of hydrogen-bond acceptors (Lipinski definition) is 9. The zero-order valence-electron chi connectivity index (χ0n) is 18.4. The van der Waals surface area contributed by atoms with Gasteiger partial charge in [-0.3, -0.25) is 14.9 Å². The SMILES string of the molecule is COc1cc(/C=N\NC(=O)COc2ccc(Cl)cc2)cc(I)c1OS(=O)(=O)c1ccc([N+](=O)[O-])cc1. The van der Waals surface area contributed by atoms with Gasteiger partial charge in [0.05, 0.1) is 21.8 Å². The lowest BCUT2D eigenvalue weighted by Gasteiger charge is -2.13. The lowest BCUT2D eigenvalue weighted by atomic mass is 10.2. The smallest absolute Gasteiger partial charge is 0.339 e. The molecular formula is C22H17ClIN3O8S. The number of hydrogen-bond donors (Lipinski definition) is 1. The molecule has 0 aliphatic heterocycles. The molecule has 36 heavy (non-hydrogen) atoms. The number of nitro groups is 1. The van der Waals surface area contributed by atoms with Gasteiger partial charge >= 0.3 is 10.1 Å². The van der Waals surface area contributed by atoms with Crippen molar-refractivity contribution in [3.63, 3.8) is 0 Å². The van der Waals surface area contributed by atoms with Gasteiger partial charge in [0.15, 0.2) is 18.1 Å². The molecule has 3 rings (SSSR count). The first kappa shape index (κ1) is 27.2. The number of ether oxygens (including phenoxy) is 2. The summed E-state index contributed by atoms with van der Waals surface area (Å²) < 4.78 is 41.6. The number of nitrogens with zero attached hydrogens (tertiary/aromatic N) is 2. The van der Waals surface area contributed by atoms with E-state index in [4.69, 9.17) is 25.3 Å². The molecule has 0 saturated carbocycles. The molecule has 0 radical (unpaired) electrons. The van der Waals surface area contributed by atoms with E-state index in [0.29, 0.717) is 19.9 Å². The minimum atomic E-state index is -4.30. The summed E-state index contributed by atoms with van der Waals surface area (Å²) in [5, 5.41) is 15.2. The number of carbonyl (C=O) groups excluding carboxylic acids is 1. The van der Waals surface area contributed by atoms with Gasteiger partial charge in [-0.05, 0) is 76.7 Å². The summed E-state index contributed by atoms with van der Waals surface area (Å²) in [6.07, 6.45) is 1.33. The molecule has 188 valence electrons. The number of halogens is 2. The molecule has 0 fully saturated rings. The standard InChI is InChI=1S/C22H17ClIN3O8S/c1-33-20-11-14(12-25-26-21(28)13-34-17-6-2-15(23)3-7-17)10-19(24)22(20)35-36(31,32)18-8-4-16(5-9-18)27(29)30/h2-12H,13H2,1H3,(H,26,28)/b25-12-. The van der Waals surface area contributed by atoms with Gasteiger partial charge in [0, 0.05) is 17.2 Å². The summed E-state index contributed by atoms with van der Waals surface area (Å²) >= 11 is 7.65. The van der Waals surface area contributed by atoms with Crippen molar-refractivity contribution in [1.29, 1.82) is 0 Å². The van der Waals surface area contributed by atoms with Gasteiger partial charge in [-0.2, -0.15) is 13.5 Å². The van der Waals surface area contributed by atoms with Gasteiger partial charge in [-0.1, -0.05) is 11.6 Å². The molecule has 0 unspecified atom stereocenters. The highest BCUT2D eigenvalue weighted by Crippen LogP contribution is 2.35. The molecule has 0 aliphatic carbocycles. The first-order valence-corrected chi connectivity index (χ1v) is 12.7. The molecule has 11 nitrogen and oxygen atoms in total. The highest BCUT2D eigenvalue weighted by atomic mass is 127. The van der Waals surface area contributed by atoms with Crippen LogP contribution >= 0.6 is 34.2 Å². The van der Waals surface area contributed by atoms with Crippen molar-refractivity contribution in [1.82, 2.24) is 5.43 Å². The van der Waals surface area contributed by atoms with Crippen molar-refractivity contribution in [2.75, 3.05) is 13.7 Å². The molecule has 3 aromatic carbocycles. The quantitative estimate of drug-likeness (QED) is 0.114. The largest absolute Gasteiger partial charge is 0.493 e. The van der Waals surface area contributed by atoms with Crippen LogP contribution in [-0.4, -0.2) is 39.2 Å². The number of non-ortho nitro benzene ring substituents is 1. The van der Waals surface area contributed by atoms with Crippen molar-refractivity contribution in [3.8, 4) is 17.2 Å². The van der Waals surface area contributed by atoms with Gasteiger partial charge < -0.3 is 13.7 Å². The van der Waals surface area contributed by atoms with Crippen LogP contribution in [0.1, 0.15) is 5.56 Å². The maximum absolute atomic E-state index is 12.7.